The quantitative estimate of drug-likeness (QED) is 0.696. The number of nitrogens with two attached hydrogens (primary N) is 1. The van der Waals surface area contributed by atoms with Crippen molar-refractivity contribution in [3.63, 3.8) is 0 Å². The van der Waals surface area contributed by atoms with E-state index in [1.165, 1.54) is 12.1 Å². The number of hydrogen-bond donors (Lipinski definition) is 2. The number of phenolic OH excluding ortho intramolecular Hbond substituents is 1. The van der Waals surface area contributed by atoms with E-state index >= 15 is 0 Å². The highest BCUT2D eigenvalue weighted by molar-refractivity contribution is 5.85. The van der Waals surface area contributed by atoms with Crippen molar-refractivity contribution in [2.24, 2.45) is 5.73 Å². The minimum Gasteiger partial charge on any atom is -0.505 e. The second-order valence-corrected chi connectivity index (χ2v) is 3.58. The first kappa shape index (κ1) is 11.3. The van der Waals surface area contributed by atoms with Gasteiger partial charge in [-0.3, -0.25) is 0 Å². The molecule has 1 atom stereocenters. The van der Waals surface area contributed by atoms with Crippen LogP contribution in [-0.4, -0.2) is 11.1 Å². The van der Waals surface area contributed by atoms with Crippen molar-refractivity contribution in [3.05, 3.63) is 29.1 Å². The summed E-state index contributed by atoms with van der Waals surface area (Å²) >= 11 is 0. The van der Waals surface area contributed by atoms with Gasteiger partial charge in [0.05, 0.1) is 0 Å². The predicted octanol–water partition coefficient (Wildman–Crippen LogP) is 1.77. The molecule has 0 amide bonds. The summed E-state index contributed by atoms with van der Waals surface area (Å²) in [5, 5.41) is 9.15. The largest absolute Gasteiger partial charge is 0.505 e. The molecule has 0 fully saturated rings. The summed E-state index contributed by atoms with van der Waals surface area (Å²) < 4.78 is 12.9. The first-order valence-electron chi connectivity index (χ1n) is 4.42. The monoisotopic (exact) mass is 217 g/mol. The molecule has 0 saturated heterocycles. The zero-order valence-electron chi connectivity index (χ0n) is 7.66. The molecule has 4 heteroatoms. The maximum absolute atomic E-state index is 12.9. The Morgan fingerprint density at radius 1 is 1.36 bits per heavy atom. The molecule has 0 bridgehead atoms. The van der Waals surface area contributed by atoms with Crippen LogP contribution in [0.5, 0.6) is 5.75 Å². The van der Waals surface area contributed by atoms with Crippen LogP contribution in [0.2, 0.25) is 0 Å². The average molecular weight is 218 g/mol. The summed E-state index contributed by atoms with van der Waals surface area (Å²) in [6.07, 6.45) is 2.45. The van der Waals surface area contributed by atoms with Crippen LogP contribution in [0.1, 0.15) is 17.5 Å². The molecule has 3 N–H and O–H groups in total. The molecule has 14 heavy (non-hydrogen) atoms. The van der Waals surface area contributed by atoms with Crippen molar-refractivity contribution in [2.75, 3.05) is 0 Å². The Labute approximate surface area is 88.3 Å². The number of benzene rings is 1. The van der Waals surface area contributed by atoms with Gasteiger partial charge in [-0.25, -0.2) is 4.39 Å². The number of hydrogen-bond acceptors (Lipinski definition) is 2. The van der Waals surface area contributed by atoms with Gasteiger partial charge in [-0.1, -0.05) is 0 Å². The molecule has 1 aromatic rings. The van der Waals surface area contributed by atoms with Crippen LogP contribution in [-0.2, 0) is 12.8 Å². The van der Waals surface area contributed by atoms with Crippen LogP contribution in [0.3, 0.4) is 0 Å². The standard InChI is InChI=1S/C10H12FNO.ClH/c11-9-4-6-1-2-8(12)3-7(6)5-10(9)13;/h4-5,8,13H,1-3,12H2;1H/t8-;/m0./s1. The third kappa shape index (κ3) is 1.99. The minimum absolute atomic E-state index is 0. The number of aromatic hydroxyl groups is 1. The molecule has 0 unspecified atom stereocenters. The van der Waals surface area contributed by atoms with E-state index in [1.54, 1.807) is 0 Å². The average Bonchev–Trinajstić information content (AvgIpc) is 2.08. The van der Waals surface area contributed by atoms with E-state index in [-0.39, 0.29) is 24.2 Å². The molecule has 0 saturated carbocycles. The van der Waals surface area contributed by atoms with Crippen LogP contribution in [0.15, 0.2) is 12.1 Å². The highest BCUT2D eigenvalue weighted by Gasteiger charge is 2.17. The maximum atomic E-state index is 12.9. The van der Waals surface area contributed by atoms with E-state index in [4.69, 9.17) is 10.8 Å². The third-order valence-electron chi connectivity index (χ3n) is 2.54. The maximum Gasteiger partial charge on any atom is 0.165 e. The van der Waals surface area contributed by atoms with Crippen molar-refractivity contribution in [1.82, 2.24) is 0 Å². The van der Waals surface area contributed by atoms with E-state index in [1.807, 2.05) is 0 Å². The molecule has 0 aromatic heterocycles. The summed E-state index contributed by atoms with van der Waals surface area (Å²) in [7, 11) is 0. The zero-order valence-corrected chi connectivity index (χ0v) is 8.48. The Morgan fingerprint density at radius 3 is 2.79 bits per heavy atom. The van der Waals surface area contributed by atoms with Crippen molar-refractivity contribution in [2.45, 2.75) is 25.3 Å². The number of aryl methyl sites for hydroxylation is 1. The summed E-state index contributed by atoms with van der Waals surface area (Å²) in [5.74, 6) is -0.804. The summed E-state index contributed by atoms with van der Waals surface area (Å²) in [6, 6.07) is 3.05. The Bertz CT molecular complexity index is 343. The van der Waals surface area contributed by atoms with Crippen LogP contribution in [0, 0.1) is 5.82 Å². The normalized spacial score (nSPS) is 19.7. The number of phenols is 1. The van der Waals surface area contributed by atoms with Crippen molar-refractivity contribution in [3.8, 4) is 5.75 Å². The number of rotatable bonds is 0. The molecule has 78 valence electrons. The fourth-order valence-electron chi connectivity index (χ4n) is 1.79. The molecule has 0 aliphatic heterocycles. The number of halogens is 2. The molecule has 1 aromatic carbocycles. The molecule has 0 spiro atoms. The molecule has 1 aliphatic carbocycles. The zero-order chi connectivity index (χ0) is 9.42. The topological polar surface area (TPSA) is 46.2 Å². The molecule has 0 heterocycles. The van der Waals surface area contributed by atoms with Gasteiger partial charge in [0, 0.05) is 6.04 Å². The van der Waals surface area contributed by atoms with Crippen LogP contribution in [0.4, 0.5) is 4.39 Å². The Morgan fingerprint density at radius 2 is 2.07 bits per heavy atom. The molecule has 2 rings (SSSR count). The van der Waals surface area contributed by atoms with Gasteiger partial charge in [0.15, 0.2) is 11.6 Å². The molecule has 1 aliphatic rings. The Hall–Kier alpha value is -0.800. The van der Waals surface area contributed by atoms with Gasteiger partial charge in [-0.15, -0.1) is 12.4 Å². The molecular formula is C10H13ClFNO. The van der Waals surface area contributed by atoms with Gasteiger partial charge in [0.25, 0.3) is 0 Å². The summed E-state index contributed by atoms with van der Waals surface area (Å²) in [4.78, 5) is 0. The lowest BCUT2D eigenvalue weighted by molar-refractivity contribution is 0.428. The second kappa shape index (κ2) is 4.15. The van der Waals surface area contributed by atoms with Gasteiger partial charge in [-0.05, 0) is 42.5 Å². The van der Waals surface area contributed by atoms with Crippen LogP contribution >= 0.6 is 12.4 Å². The lowest BCUT2D eigenvalue weighted by Crippen LogP contribution is -2.27. The highest BCUT2D eigenvalue weighted by Crippen LogP contribution is 2.26. The van der Waals surface area contributed by atoms with E-state index < -0.39 is 5.82 Å². The van der Waals surface area contributed by atoms with Gasteiger partial charge in [0.1, 0.15) is 0 Å². The van der Waals surface area contributed by atoms with Crippen molar-refractivity contribution >= 4 is 12.4 Å². The summed E-state index contributed by atoms with van der Waals surface area (Å²) in [6.45, 7) is 0. The molecular weight excluding hydrogens is 205 g/mol. The smallest absolute Gasteiger partial charge is 0.165 e. The van der Waals surface area contributed by atoms with Crippen molar-refractivity contribution in [1.29, 1.82) is 0 Å². The highest BCUT2D eigenvalue weighted by atomic mass is 35.5. The predicted molar refractivity (Wildman–Crippen MR) is 55.3 cm³/mol. The first-order chi connectivity index (χ1) is 6.16. The lowest BCUT2D eigenvalue weighted by atomic mass is 9.88. The van der Waals surface area contributed by atoms with E-state index in [2.05, 4.69) is 0 Å². The van der Waals surface area contributed by atoms with Crippen molar-refractivity contribution < 1.29 is 9.50 Å². The fraction of sp³-hybridized carbons (Fsp3) is 0.400. The van der Waals surface area contributed by atoms with E-state index in [0.29, 0.717) is 0 Å². The van der Waals surface area contributed by atoms with E-state index in [9.17, 15) is 4.39 Å². The van der Waals surface area contributed by atoms with Gasteiger partial charge in [0.2, 0.25) is 0 Å². The van der Waals surface area contributed by atoms with Gasteiger partial charge >= 0.3 is 0 Å². The second-order valence-electron chi connectivity index (χ2n) is 3.58. The fourth-order valence-corrected chi connectivity index (χ4v) is 1.79. The van der Waals surface area contributed by atoms with Crippen LogP contribution < -0.4 is 5.73 Å². The summed E-state index contributed by atoms with van der Waals surface area (Å²) in [5.41, 5.74) is 7.73. The third-order valence-corrected chi connectivity index (χ3v) is 2.54. The Balaban J connectivity index is 0.000000980. The molecule has 0 radical (unpaired) electrons. The van der Waals surface area contributed by atoms with Gasteiger partial charge in [-0.2, -0.15) is 0 Å². The van der Waals surface area contributed by atoms with E-state index in [0.717, 1.165) is 30.4 Å². The SMILES string of the molecule is Cl.N[C@H]1CCc2cc(F)c(O)cc2C1. The first-order valence-corrected chi connectivity index (χ1v) is 4.42. The molecule has 2 nitrogen and oxygen atoms in total. The van der Waals surface area contributed by atoms with Gasteiger partial charge < -0.3 is 10.8 Å². The number of fused-ring (bicyclic) bond motifs is 1. The lowest BCUT2D eigenvalue weighted by Gasteiger charge is -2.21. The Kier molecular flexibility index (Phi) is 3.34. The van der Waals surface area contributed by atoms with Crippen LogP contribution in [0.25, 0.3) is 0 Å². The minimum atomic E-state index is -0.533.